The number of hydrogen-bond donors (Lipinski definition) is 4. The van der Waals surface area contributed by atoms with Crippen LogP contribution in [-0.2, 0) is 4.74 Å². The third-order valence-corrected chi connectivity index (χ3v) is 2.21. The summed E-state index contributed by atoms with van der Waals surface area (Å²) in [6.45, 7) is 1.15. The molecule has 2 unspecified atom stereocenters. The molecule has 1 aliphatic rings. The van der Waals surface area contributed by atoms with Crippen molar-refractivity contribution in [2.24, 2.45) is 5.92 Å². The van der Waals surface area contributed by atoms with Crippen LogP contribution in [0.5, 0.6) is 0 Å². The van der Waals surface area contributed by atoms with Gasteiger partial charge in [-0.3, -0.25) is 0 Å². The Labute approximate surface area is 70.2 Å². The van der Waals surface area contributed by atoms with Crippen molar-refractivity contribution in [2.75, 3.05) is 6.61 Å². The van der Waals surface area contributed by atoms with Crippen molar-refractivity contribution in [2.45, 2.75) is 31.5 Å². The summed E-state index contributed by atoms with van der Waals surface area (Å²) in [5.41, 5.74) is 0. The van der Waals surface area contributed by atoms with Gasteiger partial charge in [-0.1, -0.05) is 6.92 Å². The van der Waals surface area contributed by atoms with Gasteiger partial charge in [-0.15, -0.1) is 0 Å². The largest absolute Gasteiger partial charge is 0.394 e. The molecule has 5 heteroatoms. The van der Waals surface area contributed by atoms with Gasteiger partial charge in [0.15, 0.2) is 6.29 Å². The Balaban J connectivity index is 2.63. The highest BCUT2D eigenvalue weighted by atomic mass is 16.6. The average molecular weight is 178 g/mol. The van der Waals surface area contributed by atoms with E-state index in [4.69, 9.17) is 14.9 Å². The molecule has 72 valence electrons. The second-order valence-electron chi connectivity index (χ2n) is 3.09. The predicted octanol–water partition coefficient (Wildman–Crippen LogP) is -1.95. The minimum Gasteiger partial charge on any atom is -0.394 e. The molecule has 5 nitrogen and oxygen atoms in total. The quantitative estimate of drug-likeness (QED) is 0.375. The first-order valence-electron chi connectivity index (χ1n) is 3.88. The Kier molecular flexibility index (Phi) is 3.03. The second kappa shape index (κ2) is 3.68. The summed E-state index contributed by atoms with van der Waals surface area (Å²) in [5, 5.41) is 36.4. The molecule has 0 saturated carbocycles. The van der Waals surface area contributed by atoms with Crippen LogP contribution in [0.1, 0.15) is 6.92 Å². The topological polar surface area (TPSA) is 90.2 Å². The lowest BCUT2D eigenvalue weighted by Crippen LogP contribution is -2.54. The maximum Gasteiger partial charge on any atom is 0.160 e. The van der Waals surface area contributed by atoms with Crippen LogP contribution in [-0.4, -0.2) is 51.6 Å². The van der Waals surface area contributed by atoms with E-state index in [2.05, 4.69) is 0 Å². The van der Waals surface area contributed by atoms with Gasteiger partial charge in [0, 0.05) is 5.92 Å². The number of ether oxygens (including phenoxy) is 1. The fraction of sp³-hybridized carbons (Fsp3) is 1.00. The molecule has 12 heavy (non-hydrogen) atoms. The molecule has 0 amide bonds. The summed E-state index contributed by atoms with van der Waals surface area (Å²) in [7, 11) is 0. The molecule has 0 spiro atoms. The molecule has 4 N–H and O–H groups in total. The molecule has 1 rings (SSSR count). The van der Waals surface area contributed by atoms with Crippen LogP contribution < -0.4 is 0 Å². The molecule has 0 aromatic carbocycles. The molecule has 5 atom stereocenters. The van der Waals surface area contributed by atoms with Gasteiger partial charge >= 0.3 is 0 Å². The zero-order chi connectivity index (χ0) is 9.30. The van der Waals surface area contributed by atoms with E-state index in [1.165, 1.54) is 0 Å². The summed E-state index contributed by atoms with van der Waals surface area (Å²) in [6, 6.07) is 0. The van der Waals surface area contributed by atoms with E-state index in [9.17, 15) is 10.2 Å². The predicted molar refractivity (Wildman–Crippen MR) is 39.1 cm³/mol. The first kappa shape index (κ1) is 9.88. The van der Waals surface area contributed by atoms with E-state index in [-0.39, 0.29) is 0 Å². The molecule has 0 aliphatic carbocycles. The maximum atomic E-state index is 9.32. The normalized spacial score (nSPS) is 49.2. The van der Waals surface area contributed by atoms with Crippen molar-refractivity contribution in [3.8, 4) is 0 Å². The zero-order valence-electron chi connectivity index (χ0n) is 6.79. The lowest BCUT2D eigenvalue weighted by Gasteiger charge is -2.38. The van der Waals surface area contributed by atoms with Crippen molar-refractivity contribution in [1.82, 2.24) is 0 Å². The minimum atomic E-state index is -1.13. The fourth-order valence-corrected chi connectivity index (χ4v) is 1.23. The zero-order valence-corrected chi connectivity index (χ0v) is 6.79. The number of hydrogen-bond acceptors (Lipinski definition) is 5. The van der Waals surface area contributed by atoms with E-state index >= 15 is 0 Å². The van der Waals surface area contributed by atoms with E-state index in [1.54, 1.807) is 6.92 Å². The molecule has 1 aliphatic heterocycles. The highest BCUT2D eigenvalue weighted by Crippen LogP contribution is 2.23. The van der Waals surface area contributed by atoms with E-state index in [0.717, 1.165) is 0 Å². The SMILES string of the molecule is C[C@H]1C(O)[C@H](O)C(CO)O[C@@H]1O. The fourth-order valence-electron chi connectivity index (χ4n) is 1.23. The molecule has 0 aromatic rings. The lowest BCUT2D eigenvalue weighted by atomic mass is 9.93. The van der Waals surface area contributed by atoms with E-state index < -0.39 is 37.1 Å². The minimum absolute atomic E-state index is 0.415. The monoisotopic (exact) mass is 178 g/mol. The van der Waals surface area contributed by atoms with Crippen molar-refractivity contribution in [3.63, 3.8) is 0 Å². The van der Waals surface area contributed by atoms with E-state index in [0.29, 0.717) is 0 Å². The van der Waals surface area contributed by atoms with Crippen LogP contribution >= 0.6 is 0 Å². The van der Waals surface area contributed by atoms with Crippen molar-refractivity contribution in [1.29, 1.82) is 0 Å². The summed E-state index contributed by atoms with van der Waals surface area (Å²) in [5.74, 6) is -0.539. The van der Waals surface area contributed by atoms with Crippen molar-refractivity contribution in [3.05, 3.63) is 0 Å². The highest BCUT2D eigenvalue weighted by Gasteiger charge is 2.40. The Hall–Kier alpha value is -0.200. The van der Waals surface area contributed by atoms with Crippen LogP contribution in [0.25, 0.3) is 0 Å². The Bertz CT molecular complexity index is 146. The number of rotatable bonds is 1. The van der Waals surface area contributed by atoms with Gasteiger partial charge in [-0.2, -0.15) is 0 Å². The second-order valence-corrected chi connectivity index (χ2v) is 3.09. The molecule has 0 radical (unpaired) electrons. The third kappa shape index (κ3) is 1.60. The summed E-state index contributed by atoms with van der Waals surface area (Å²) in [6.07, 6.45) is -4.20. The standard InChI is InChI=1S/C7H14O5/c1-3-5(9)6(10)4(2-8)12-7(3)11/h3-11H,2H2,1H3/t3-,4?,5?,6+,7-/m0/s1. The molecule has 1 saturated heterocycles. The van der Waals surface area contributed by atoms with Crippen LogP contribution in [0, 0.1) is 5.92 Å². The van der Waals surface area contributed by atoms with E-state index in [1.807, 2.05) is 0 Å². The van der Waals surface area contributed by atoms with Gasteiger partial charge in [0.1, 0.15) is 12.2 Å². The molecule has 1 heterocycles. The van der Waals surface area contributed by atoms with Crippen LogP contribution in [0.15, 0.2) is 0 Å². The van der Waals surface area contributed by atoms with Gasteiger partial charge < -0.3 is 25.2 Å². The molecular weight excluding hydrogens is 164 g/mol. The first-order valence-corrected chi connectivity index (χ1v) is 3.88. The molecule has 0 aromatic heterocycles. The summed E-state index contributed by atoms with van der Waals surface area (Å²) < 4.78 is 4.83. The van der Waals surface area contributed by atoms with Crippen molar-refractivity contribution < 1.29 is 25.2 Å². The molecule has 0 bridgehead atoms. The first-order chi connectivity index (χ1) is 5.57. The number of aliphatic hydroxyl groups excluding tert-OH is 4. The maximum absolute atomic E-state index is 9.32. The third-order valence-electron chi connectivity index (χ3n) is 2.21. The summed E-state index contributed by atoms with van der Waals surface area (Å²) >= 11 is 0. The lowest BCUT2D eigenvalue weighted by molar-refractivity contribution is -0.266. The highest BCUT2D eigenvalue weighted by molar-refractivity contribution is 4.86. The Morgan fingerprint density at radius 1 is 1.17 bits per heavy atom. The molecule has 1 fully saturated rings. The van der Waals surface area contributed by atoms with Gasteiger partial charge in [-0.25, -0.2) is 0 Å². The van der Waals surface area contributed by atoms with Gasteiger partial charge in [0.05, 0.1) is 12.7 Å². The van der Waals surface area contributed by atoms with Gasteiger partial charge in [0.25, 0.3) is 0 Å². The Morgan fingerprint density at radius 3 is 2.25 bits per heavy atom. The van der Waals surface area contributed by atoms with Crippen LogP contribution in [0.4, 0.5) is 0 Å². The van der Waals surface area contributed by atoms with Gasteiger partial charge in [0.2, 0.25) is 0 Å². The van der Waals surface area contributed by atoms with Crippen LogP contribution in [0.3, 0.4) is 0 Å². The van der Waals surface area contributed by atoms with Crippen LogP contribution in [0.2, 0.25) is 0 Å². The average Bonchev–Trinajstić information content (AvgIpc) is 2.08. The van der Waals surface area contributed by atoms with Gasteiger partial charge in [-0.05, 0) is 0 Å². The number of aliphatic hydroxyl groups is 4. The van der Waals surface area contributed by atoms with Crippen molar-refractivity contribution >= 4 is 0 Å². The molecular formula is C7H14O5. The Morgan fingerprint density at radius 2 is 1.75 bits per heavy atom. The smallest absolute Gasteiger partial charge is 0.160 e. The summed E-state index contributed by atoms with van der Waals surface area (Å²) in [4.78, 5) is 0.